The van der Waals surface area contributed by atoms with E-state index in [0.717, 1.165) is 25.7 Å². The Labute approximate surface area is 109 Å². The molecule has 0 unspecified atom stereocenters. The summed E-state index contributed by atoms with van der Waals surface area (Å²) in [5.41, 5.74) is 0. The highest BCUT2D eigenvalue weighted by Gasteiger charge is 2.38. The standard InChI is InChI=1S/C14H24O4/c1-9(2)17-13(15)11-7-5-6-8-12(11)14(16)18-10(3)4/h9-12H,5-8H2,1-4H3/t11-,12-/m0/s1. The molecule has 1 aliphatic carbocycles. The lowest BCUT2D eigenvalue weighted by molar-refractivity contribution is -0.167. The molecule has 0 aromatic heterocycles. The number of hydrogen-bond donors (Lipinski definition) is 0. The molecule has 1 rings (SSSR count). The van der Waals surface area contributed by atoms with Crippen LogP contribution in [-0.2, 0) is 19.1 Å². The van der Waals surface area contributed by atoms with Crippen molar-refractivity contribution in [3.8, 4) is 0 Å². The Hall–Kier alpha value is -1.06. The molecule has 4 nitrogen and oxygen atoms in total. The number of rotatable bonds is 4. The van der Waals surface area contributed by atoms with E-state index >= 15 is 0 Å². The third-order valence-electron chi connectivity index (χ3n) is 3.08. The molecule has 0 aromatic carbocycles. The Balaban J connectivity index is 2.67. The lowest BCUT2D eigenvalue weighted by atomic mass is 9.79. The van der Waals surface area contributed by atoms with Crippen LogP contribution in [0, 0.1) is 11.8 Å². The molecule has 1 fully saturated rings. The van der Waals surface area contributed by atoms with E-state index in [1.54, 1.807) is 0 Å². The van der Waals surface area contributed by atoms with Crippen LogP contribution in [0.4, 0.5) is 0 Å². The molecule has 0 N–H and O–H groups in total. The van der Waals surface area contributed by atoms with Gasteiger partial charge in [0, 0.05) is 0 Å². The Kier molecular flexibility index (Phi) is 5.63. The first kappa shape index (κ1) is 15.0. The van der Waals surface area contributed by atoms with Gasteiger partial charge in [-0.1, -0.05) is 12.8 Å². The second-order valence-corrected chi connectivity index (χ2v) is 5.47. The molecule has 0 radical (unpaired) electrons. The van der Waals surface area contributed by atoms with Crippen molar-refractivity contribution in [1.82, 2.24) is 0 Å². The van der Waals surface area contributed by atoms with Gasteiger partial charge in [0.1, 0.15) is 0 Å². The molecule has 2 atom stereocenters. The van der Waals surface area contributed by atoms with E-state index in [2.05, 4.69) is 0 Å². The van der Waals surface area contributed by atoms with E-state index in [0.29, 0.717) is 0 Å². The lowest BCUT2D eigenvalue weighted by Crippen LogP contribution is -2.36. The van der Waals surface area contributed by atoms with Crippen LogP contribution < -0.4 is 0 Å². The summed E-state index contributed by atoms with van der Waals surface area (Å²) < 4.78 is 10.5. The molecule has 104 valence electrons. The van der Waals surface area contributed by atoms with Crippen LogP contribution in [0.2, 0.25) is 0 Å². The largest absolute Gasteiger partial charge is 0.463 e. The summed E-state index contributed by atoms with van der Waals surface area (Å²) in [6, 6.07) is 0. The molecule has 0 heterocycles. The van der Waals surface area contributed by atoms with Gasteiger partial charge in [0.2, 0.25) is 0 Å². The Bertz CT molecular complexity index is 266. The van der Waals surface area contributed by atoms with Crippen molar-refractivity contribution >= 4 is 11.9 Å². The lowest BCUT2D eigenvalue weighted by Gasteiger charge is -2.29. The maximum atomic E-state index is 12.0. The van der Waals surface area contributed by atoms with Gasteiger partial charge in [-0.3, -0.25) is 9.59 Å². The van der Waals surface area contributed by atoms with Crippen molar-refractivity contribution in [3.63, 3.8) is 0 Å². The summed E-state index contributed by atoms with van der Waals surface area (Å²) in [5.74, 6) is -1.16. The van der Waals surface area contributed by atoms with Gasteiger partial charge in [0.15, 0.2) is 0 Å². The molecule has 0 aliphatic heterocycles. The van der Waals surface area contributed by atoms with Crippen LogP contribution in [0.15, 0.2) is 0 Å². The zero-order chi connectivity index (χ0) is 13.7. The summed E-state index contributed by atoms with van der Waals surface area (Å²) in [6.07, 6.45) is 3.13. The van der Waals surface area contributed by atoms with Gasteiger partial charge in [0.05, 0.1) is 24.0 Å². The third-order valence-corrected chi connectivity index (χ3v) is 3.08. The molecular weight excluding hydrogens is 232 g/mol. The van der Waals surface area contributed by atoms with Crippen molar-refractivity contribution in [3.05, 3.63) is 0 Å². The maximum Gasteiger partial charge on any atom is 0.310 e. The topological polar surface area (TPSA) is 52.6 Å². The molecule has 0 spiro atoms. The van der Waals surface area contributed by atoms with Gasteiger partial charge in [-0.15, -0.1) is 0 Å². The highest BCUT2D eigenvalue weighted by atomic mass is 16.6. The van der Waals surface area contributed by atoms with Crippen molar-refractivity contribution in [2.75, 3.05) is 0 Å². The number of carbonyl (C=O) groups excluding carboxylic acids is 2. The highest BCUT2D eigenvalue weighted by Crippen LogP contribution is 2.32. The van der Waals surface area contributed by atoms with Gasteiger partial charge in [0.25, 0.3) is 0 Å². The minimum atomic E-state index is -0.326. The summed E-state index contributed by atoms with van der Waals surface area (Å²) in [5, 5.41) is 0. The van der Waals surface area contributed by atoms with E-state index in [1.165, 1.54) is 0 Å². The van der Waals surface area contributed by atoms with Gasteiger partial charge in [-0.25, -0.2) is 0 Å². The fourth-order valence-electron chi connectivity index (χ4n) is 2.33. The minimum Gasteiger partial charge on any atom is -0.463 e. The van der Waals surface area contributed by atoms with Crippen molar-refractivity contribution < 1.29 is 19.1 Å². The predicted molar refractivity (Wildman–Crippen MR) is 67.9 cm³/mol. The summed E-state index contributed by atoms with van der Waals surface area (Å²) in [4.78, 5) is 24.0. The predicted octanol–water partition coefficient (Wildman–Crippen LogP) is 2.70. The summed E-state index contributed by atoms with van der Waals surface area (Å²) >= 11 is 0. The number of carbonyl (C=O) groups is 2. The normalized spacial score (nSPS) is 24.1. The van der Waals surface area contributed by atoms with Gasteiger partial charge in [-0.05, 0) is 40.5 Å². The molecule has 4 heteroatoms. The molecule has 0 bridgehead atoms. The molecule has 1 aliphatic rings. The molecule has 0 amide bonds. The van der Waals surface area contributed by atoms with E-state index in [1.807, 2.05) is 27.7 Å². The van der Waals surface area contributed by atoms with E-state index in [4.69, 9.17) is 9.47 Å². The third kappa shape index (κ3) is 4.31. The highest BCUT2D eigenvalue weighted by molar-refractivity contribution is 5.82. The first-order valence-corrected chi connectivity index (χ1v) is 6.82. The van der Waals surface area contributed by atoms with E-state index in [9.17, 15) is 9.59 Å². The minimum absolute atomic E-state index is 0.138. The molecule has 0 aromatic rings. The monoisotopic (exact) mass is 256 g/mol. The Morgan fingerprint density at radius 1 is 0.833 bits per heavy atom. The number of ether oxygens (including phenoxy) is 2. The van der Waals surface area contributed by atoms with Crippen LogP contribution in [0.5, 0.6) is 0 Å². The van der Waals surface area contributed by atoms with Gasteiger partial charge < -0.3 is 9.47 Å². The van der Waals surface area contributed by atoms with Crippen molar-refractivity contribution in [2.45, 2.75) is 65.6 Å². The molecular formula is C14H24O4. The Morgan fingerprint density at radius 3 is 1.44 bits per heavy atom. The fourth-order valence-corrected chi connectivity index (χ4v) is 2.33. The van der Waals surface area contributed by atoms with Gasteiger partial charge >= 0.3 is 11.9 Å². The first-order chi connectivity index (χ1) is 8.41. The van der Waals surface area contributed by atoms with E-state index < -0.39 is 0 Å². The van der Waals surface area contributed by atoms with Crippen LogP contribution in [-0.4, -0.2) is 24.1 Å². The zero-order valence-electron chi connectivity index (χ0n) is 11.8. The molecule has 18 heavy (non-hydrogen) atoms. The van der Waals surface area contributed by atoms with Gasteiger partial charge in [-0.2, -0.15) is 0 Å². The maximum absolute atomic E-state index is 12.0. The SMILES string of the molecule is CC(C)OC(=O)[C@H]1CCCC[C@@H]1C(=O)OC(C)C. The number of hydrogen-bond acceptors (Lipinski definition) is 4. The average Bonchev–Trinajstić information content (AvgIpc) is 2.27. The van der Waals surface area contributed by atoms with Crippen LogP contribution in [0.1, 0.15) is 53.4 Å². The summed E-state index contributed by atoms with van der Waals surface area (Å²) in [7, 11) is 0. The van der Waals surface area contributed by atoms with Crippen LogP contribution in [0.3, 0.4) is 0 Å². The average molecular weight is 256 g/mol. The van der Waals surface area contributed by atoms with Crippen LogP contribution in [0.25, 0.3) is 0 Å². The quantitative estimate of drug-likeness (QED) is 0.726. The van der Waals surface area contributed by atoms with E-state index in [-0.39, 0.29) is 36.0 Å². The molecule has 1 saturated carbocycles. The summed E-state index contributed by atoms with van der Waals surface area (Å²) in [6.45, 7) is 7.29. The molecule has 0 saturated heterocycles. The van der Waals surface area contributed by atoms with Crippen LogP contribution >= 0.6 is 0 Å². The second-order valence-electron chi connectivity index (χ2n) is 5.47. The Morgan fingerprint density at radius 2 is 1.17 bits per heavy atom. The fraction of sp³-hybridized carbons (Fsp3) is 0.857. The second kappa shape index (κ2) is 6.76. The first-order valence-electron chi connectivity index (χ1n) is 6.82. The zero-order valence-corrected chi connectivity index (χ0v) is 11.8. The van der Waals surface area contributed by atoms with Crippen molar-refractivity contribution in [2.24, 2.45) is 11.8 Å². The smallest absolute Gasteiger partial charge is 0.310 e. The van der Waals surface area contributed by atoms with Crippen molar-refractivity contribution in [1.29, 1.82) is 0 Å². The number of esters is 2.